The van der Waals surface area contributed by atoms with E-state index in [1.807, 2.05) is 37.3 Å². The van der Waals surface area contributed by atoms with Gasteiger partial charge < -0.3 is 0 Å². The minimum absolute atomic E-state index is 0.141. The Kier molecular flexibility index (Phi) is 8.52. The van der Waals surface area contributed by atoms with Gasteiger partial charge in [0.1, 0.15) is 0 Å². The number of rotatable bonds is 9. The van der Waals surface area contributed by atoms with Crippen LogP contribution in [-0.2, 0) is 25.7 Å². The molecule has 1 aromatic heterocycles. The fourth-order valence-electron chi connectivity index (χ4n) is 3.46. The molecule has 1 heterocycles. The second-order valence-electron chi connectivity index (χ2n) is 7.95. The Morgan fingerprint density at radius 2 is 1.94 bits per heavy atom. The number of benzene rings is 2. The third-order valence-corrected chi connectivity index (χ3v) is 5.75. The SMILES string of the molecule is CCC(F)(F)c1cccc(NC(=O)C=C(C)N[C](=[Ni])c2ccc(OC)c(-c3ncccc3C)c2)c1. The Morgan fingerprint density at radius 3 is 2.63 bits per heavy atom. The van der Waals surface area contributed by atoms with Crippen LogP contribution in [0, 0.1) is 6.92 Å². The molecule has 2 N–H and O–H groups in total. The number of anilines is 1. The molecule has 0 aliphatic heterocycles. The number of carbonyl (C=O) groups excluding carboxylic acids is 1. The molecule has 3 rings (SSSR count). The van der Waals surface area contributed by atoms with Gasteiger partial charge in [0, 0.05) is 0 Å². The Hall–Kier alpha value is -3.38. The monoisotopic (exact) mass is 521 g/mol. The maximum atomic E-state index is 14.0. The summed E-state index contributed by atoms with van der Waals surface area (Å²) in [5, 5.41) is 5.68. The summed E-state index contributed by atoms with van der Waals surface area (Å²) in [6.07, 6.45) is 2.73. The van der Waals surface area contributed by atoms with E-state index >= 15 is 0 Å². The van der Waals surface area contributed by atoms with Crippen molar-refractivity contribution in [2.45, 2.75) is 33.1 Å². The van der Waals surface area contributed by atoms with Gasteiger partial charge in [0.15, 0.2) is 0 Å². The number of hydrogen-bond donors (Lipinski definition) is 2. The van der Waals surface area contributed by atoms with Crippen molar-refractivity contribution < 1.29 is 33.3 Å². The van der Waals surface area contributed by atoms with Gasteiger partial charge in [-0.3, -0.25) is 0 Å². The van der Waals surface area contributed by atoms with Crippen molar-refractivity contribution >= 4 is 16.2 Å². The van der Waals surface area contributed by atoms with Gasteiger partial charge >= 0.3 is 212 Å². The Bertz CT molecular complexity index is 1270. The number of nitrogens with zero attached hydrogens (tertiary/aromatic N) is 1. The topological polar surface area (TPSA) is 63.2 Å². The van der Waals surface area contributed by atoms with Crippen LogP contribution in [-0.4, -0.2) is 22.6 Å². The van der Waals surface area contributed by atoms with Crippen LogP contribution >= 0.6 is 0 Å². The molecule has 0 unspecified atom stereocenters. The summed E-state index contributed by atoms with van der Waals surface area (Å²) in [4.78, 5) is 16.9. The van der Waals surface area contributed by atoms with Gasteiger partial charge in [-0.1, -0.05) is 0 Å². The van der Waals surface area contributed by atoms with Gasteiger partial charge in [-0.05, 0) is 0 Å². The Balaban J connectivity index is 1.74. The molecule has 0 fully saturated rings. The van der Waals surface area contributed by atoms with Crippen LogP contribution in [0.4, 0.5) is 14.5 Å². The molecule has 5 nitrogen and oxygen atoms in total. The predicted molar refractivity (Wildman–Crippen MR) is 131 cm³/mol. The number of halogens is 2. The number of allylic oxidation sites excluding steroid dienone is 1. The van der Waals surface area contributed by atoms with Gasteiger partial charge in [0.25, 0.3) is 0 Å². The molecule has 0 atom stereocenters. The van der Waals surface area contributed by atoms with Crippen LogP contribution in [0.2, 0.25) is 0 Å². The third kappa shape index (κ3) is 6.61. The summed E-state index contributed by atoms with van der Waals surface area (Å²) >= 11 is 5.18. The summed E-state index contributed by atoms with van der Waals surface area (Å²) in [6.45, 7) is 5.09. The zero-order valence-corrected chi connectivity index (χ0v) is 20.9. The first kappa shape index (κ1) is 26.2. The molecule has 0 saturated carbocycles. The van der Waals surface area contributed by atoms with E-state index in [1.54, 1.807) is 26.3 Å². The van der Waals surface area contributed by atoms with Gasteiger partial charge in [0.05, 0.1) is 0 Å². The molecule has 0 aliphatic carbocycles. The van der Waals surface area contributed by atoms with E-state index in [1.165, 1.54) is 31.2 Å². The summed E-state index contributed by atoms with van der Waals surface area (Å²) in [6, 6.07) is 15.1. The molecule has 2 aromatic carbocycles. The van der Waals surface area contributed by atoms with Crippen LogP contribution in [0.1, 0.15) is 37.0 Å². The van der Waals surface area contributed by atoms with Crippen molar-refractivity contribution in [2.24, 2.45) is 0 Å². The molecule has 0 aliphatic rings. The van der Waals surface area contributed by atoms with E-state index in [4.69, 9.17) is 19.8 Å². The number of carbonyl (C=O) groups is 1. The molecule has 0 radical (unpaired) electrons. The number of aromatic nitrogens is 1. The first-order chi connectivity index (χ1) is 16.6. The minimum atomic E-state index is -2.95. The molecule has 8 heteroatoms. The molecular formula is C27H27F2N3NiO2. The molecule has 35 heavy (non-hydrogen) atoms. The zero-order chi connectivity index (χ0) is 25.6. The van der Waals surface area contributed by atoms with Crippen molar-refractivity contribution in [1.29, 1.82) is 0 Å². The van der Waals surface area contributed by atoms with Crippen molar-refractivity contribution in [2.75, 3.05) is 12.4 Å². The van der Waals surface area contributed by atoms with Gasteiger partial charge in [-0.25, -0.2) is 0 Å². The first-order valence-electron chi connectivity index (χ1n) is 11.0. The van der Waals surface area contributed by atoms with Crippen LogP contribution in [0.15, 0.2) is 72.6 Å². The summed E-state index contributed by atoms with van der Waals surface area (Å²) in [5.74, 6) is -2.74. The molecule has 186 valence electrons. The number of pyridine rings is 1. The van der Waals surface area contributed by atoms with Crippen LogP contribution in [0.3, 0.4) is 0 Å². The van der Waals surface area contributed by atoms with Gasteiger partial charge in [0.2, 0.25) is 0 Å². The predicted octanol–water partition coefficient (Wildman–Crippen LogP) is 5.72. The van der Waals surface area contributed by atoms with Gasteiger partial charge in [-0.15, -0.1) is 0 Å². The van der Waals surface area contributed by atoms with Crippen molar-refractivity contribution in [3.05, 3.63) is 89.3 Å². The van der Waals surface area contributed by atoms with E-state index < -0.39 is 11.8 Å². The average Bonchev–Trinajstić information content (AvgIpc) is 2.83. The molecule has 3 aromatic rings. The number of aryl methyl sites for hydroxylation is 1. The number of amides is 1. The third-order valence-electron chi connectivity index (χ3n) is 5.34. The molecular weight excluding hydrogens is 495 g/mol. The first-order valence-corrected chi connectivity index (χ1v) is 11.5. The van der Waals surface area contributed by atoms with Crippen molar-refractivity contribution in [3.8, 4) is 17.0 Å². The second-order valence-corrected chi connectivity index (χ2v) is 8.44. The number of hydrogen-bond acceptors (Lipinski definition) is 4. The van der Waals surface area contributed by atoms with E-state index in [0.717, 1.165) is 22.4 Å². The summed E-state index contributed by atoms with van der Waals surface area (Å²) < 4.78 is 33.9. The average molecular weight is 522 g/mol. The van der Waals surface area contributed by atoms with Gasteiger partial charge in [-0.2, -0.15) is 0 Å². The maximum absolute atomic E-state index is 14.0. The van der Waals surface area contributed by atoms with E-state index in [9.17, 15) is 13.6 Å². The quantitative estimate of drug-likeness (QED) is 0.279. The molecule has 0 bridgehead atoms. The zero-order valence-electron chi connectivity index (χ0n) is 19.9. The van der Waals surface area contributed by atoms with Crippen molar-refractivity contribution in [3.63, 3.8) is 0 Å². The molecule has 1 amide bonds. The van der Waals surface area contributed by atoms with Crippen molar-refractivity contribution in [1.82, 2.24) is 10.3 Å². The number of nitrogens with one attached hydrogen (secondary N) is 2. The fraction of sp³-hybridized carbons (Fsp3) is 0.222. The van der Waals surface area contributed by atoms with E-state index in [0.29, 0.717) is 21.7 Å². The Morgan fingerprint density at radius 1 is 1.17 bits per heavy atom. The van der Waals surface area contributed by atoms with E-state index in [-0.39, 0.29) is 12.0 Å². The van der Waals surface area contributed by atoms with Crippen LogP contribution in [0.5, 0.6) is 5.75 Å². The summed E-state index contributed by atoms with van der Waals surface area (Å²) in [7, 11) is 1.60. The van der Waals surface area contributed by atoms with Crippen LogP contribution in [0.25, 0.3) is 11.3 Å². The molecule has 0 spiro atoms. The number of alkyl halides is 2. The molecule has 0 saturated heterocycles. The standard InChI is InChI=1S/C27H27F2N3O2.Ni/c1-5-27(28,29)21-9-6-10-22(16-21)32-25(33)14-19(3)31-17-20-11-12-24(34-4)23(15-20)26-18(2)8-7-13-30-26;/h6-16,31H,5H2,1-4H3,(H,32,33);. The second kappa shape index (κ2) is 11.4. The fourth-order valence-corrected chi connectivity index (χ4v) is 3.81. The number of methoxy groups -OCH3 is 1. The van der Waals surface area contributed by atoms with Crippen LogP contribution < -0.4 is 15.4 Å². The number of ether oxygens (including phenoxy) is 1. The Labute approximate surface area is 211 Å². The normalized spacial score (nSPS) is 11.7. The summed E-state index contributed by atoms with van der Waals surface area (Å²) in [5.41, 5.74) is 4.00. The van der Waals surface area contributed by atoms with E-state index in [2.05, 4.69) is 15.6 Å².